The first kappa shape index (κ1) is 19.6. The van der Waals surface area contributed by atoms with Gasteiger partial charge in [-0.15, -0.1) is 12.4 Å². The summed E-state index contributed by atoms with van der Waals surface area (Å²) in [4.78, 5) is 12.6. The van der Waals surface area contributed by atoms with Crippen molar-refractivity contribution in [3.63, 3.8) is 0 Å². The average molecular weight is 410 g/mol. The number of nitrogens with zero attached hydrogens (tertiary/aromatic N) is 3. The third-order valence-electron chi connectivity index (χ3n) is 5.54. The van der Waals surface area contributed by atoms with E-state index in [1.54, 1.807) is 0 Å². The Bertz CT molecular complexity index is 1130. The van der Waals surface area contributed by atoms with Crippen LogP contribution in [0.4, 0.5) is 0 Å². The summed E-state index contributed by atoms with van der Waals surface area (Å²) < 4.78 is 5.56. The van der Waals surface area contributed by atoms with Gasteiger partial charge in [-0.2, -0.15) is 4.98 Å². The maximum absolute atomic E-state index is 5.56. The minimum atomic E-state index is 0. The van der Waals surface area contributed by atoms with Gasteiger partial charge in [0.15, 0.2) is 0 Å². The Morgan fingerprint density at radius 2 is 2.07 bits per heavy atom. The van der Waals surface area contributed by atoms with Gasteiger partial charge in [-0.05, 0) is 55.5 Å². The van der Waals surface area contributed by atoms with Gasteiger partial charge in [0.1, 0.15) is 0 Å². The average Bonchev–Trinajstić information content (AvgIpc) is 3.35. The Balaban J connectivity index is 0.00000205. The Hall–Kier alpha value is -2.70. The van der Waals surface area contributed by atoms with Gasteiger partial charge in [-0.25, -0.2) is 0 Å². The third-order valence-corrected chi connectivity index (χ3v) is 5.54. The number of pyridine rings is 1. The van der Waals surface area contributed by atoms with E-state index in [0.29, 0.717) is 11.7 Å². The zero-order valence-electron chi connectivity index (χ0n) is 16.4. The molecular formula is C22H24ClN5O. The lowest BCUT2D eigenvalue weighted by molar-refractivity contribution is 0.376. The molecule has 6 nitrogen and oxygen atoms in total. The van der Waals surface area contributed by atoms with Crippen LogP contribution in [0.5, 0.6) is 0 Å². The van der Waals surface area contributed by atoms with Crippen LogP contribution in [0.3, 0.4) is 0 Å². The highest BCUT2D eigenvalue weighted by atomic mass is 35.5. The summed E-state index contributed by atoms with van der Waals surface area (Å²) in [5.74, 6) is 1.37. The smallest absolute Gasteiger partial charge is 0.226 e. The van der Waals surface area contributed by atoms with Gasteiger partial charge in [0, 0.05) is 47.5 Å². The van der Waals surface area contributed by atoms with Gasteiger partial charge in [-0.3, -0.25) is 4.98 Å². The number of H-pyrrole nitrogens is 1. The molecule has 7 heteroatoms. The predicted octanol–water partition coefficient (Wildman–Crippen LogP) is 4.16. The van der Waals surface area contributed by atoms with Gasteiger partial charge < -0.3 is 14.8 Å². The lowest BCUT2D eigenvalue weighted by Crippen LogP contribution is -2.24. The lowest BCUT2D eigenvalue weighted by atomic mass is 9.95. The van der Waals surface area contributed by atoms with Crippen LogP contribution in [0.1, 0.15) is 34.7 Å². The highest BCUT2D eigenvalue weighted by Gasteiger charge is 2.20. The van der Waals surface area contributed by atoms with Crippen LogP contribution in [-0.4, -0.2) is 26.7 Å². The van der Waals surface area contributed by atoms with Crippen molar-refractivity contribution in [1.82, 2.24) is 25.4 Å². The van der Waals surface area contributed by atoms with E-state index in [9.17, 15) is 0 Å². The molecule has 1 aromatic carbocycles. The number of hydrogen-bond donors (Lipinski definition) is 2. The number of aromatic amines is 1. The Morgan fingerprint density at radius 1 is 1.17 bits per heavy atom. The zero-order chi connectivity index (χ0) is 18.9. The summed E-state index contributed by atoms with van der Waals surface area (Å²) >= 11 is 0. The van der Waals surface area contributed by atoms with Crippen molar-refractivity contribution in [1.29, 1.82) is 0 Å². The molecule has 0 saturated carbocycles. The molecule has 3 aromatic heterocycles. The Labute approximate surface area is 175 Å². The maximum atomic E-state index is 5.56. The largest absolute Gasteiger partial charge is 0.361 e. The van der Waals surface area contributed by atoms with Gasteiger partial charge in [0.05, 0.1) is 0 Å². The molecular weight excluding hydrogens is 386 g/mol. The summed E-state index contributed by atoms with van der Waals surface area (Å²) in [6.07, 6.45) is 7.76. The number of benzene rings is 1. The molecule has 150 valence electrons. The number of fused-ring (bicyclic) bond motifs is 2. The molecule has 0 fully saturated rings. The molecule has 0 saturated heterocycles. The van der Waals surface area contributed by atoms with Crippen LogP contribution in [0.15, 0.2) is 41.2 Å². The first-order valence-electron chi connectivity index (χ1n) is 9.85. The zero-order valence-corrected chi connectivity index (χ0v) is 17.2. The molecule has 0 amide bonds. The van der Waals surface area contributed by atoms with Gasteiger partial charge in [-0.1, -0.05) is 23.4 Å². The van der Waals surface area contributed by atoms with Crippen molar-refractivity contribution >= 4 is 23.3 Å². The van der Waals surface area contributed by atoms with Gasteiger partial charge in [0.25, 0.3) is 0 Å². The second-order valence-corrected chi connectivity index (χ2v) is 7.37. The van der Waals surface area contributed by atoms with E-state index in [2.05, 4.69) is 55.9 Å². The monoisotopic (exact) mass is 409 g/mol. The van der Waals surface area contributed by atoms with E-state index < -0.39 is 0 Å². The quantitative estimate of drug-likeness (QED) is 0.517. The molecule has 0 radical (unpaired) electrons. The third kappa shape index (κ3) is 3.78. The molecule has 2 N–H and O–H groups in total. The van der Waals surface area contributed by atoms with Gasteiger partial charge >= 0.3 is 0 Å². The standard InChI is InChI=1S/C22H23N5O.ClH/c1-14-21(18-9-10-23-11-16(18)13-24-14)22-26-20(28-27-22)8-4-5-15-12-25-19-7-3-2-6-17(15)19;/h2-3,6-7,12-13,23,25H,4-5,8-11H2,1H3;1H. The SMILES string of the molecule is Cc1ncc2c(c1-c1noc(CCCc3c[nH]c4ccccc34)n1)CCNC2.Cl. The molecule has 1 aliphatic heterocycles. The molecule has 0 atom stereocenters. The van der Waals surface area contributed by atoms with Crippen molar-refractivity contribution < 1.29 is 4.52 Å². The summed E-state index contributed by atoms with van der Waals surface area (Å²) in [5, 5.41) is 8.95. The van der Waals surface area contributed by atoms with Crippen molar-refractivity contribution in [2.24, 2.45) is 0 Å². The molecule has 4 heterocycles. The normalized spacial score (nSPS) is 13.3. The highest BCUT2D eigenvalue weighted by molar-refractivity contribution is 5.85. The predicted molar refractivity (Wildman–Crippen MR) is 115 cm³/mol. The second kappa shape index (κ2) is 8.35. The van der Waals surface area contributed by atoms with Crippen molar-refractivity contribution in [2.75, 3.05) is 6.54 Å². The summed E-state index contributed by atoms with van der Waals surface area (Å²) in [6.45, 7) is 3.84. The summed E-state index contributed by atoms with van der Waals surface area (Å²) in [7, 11) is 0. The van der Waals surface area contributed by atoms with Crippen LogP contribution >= 0.6 is 12.4 Å². The summed E-state index contributed by atoms with van der Waals surface area (Å²) in [5.41, 5.74) is 7.07. The topological polar surface area (TPSA) is 79.6 Å². The molecule has 29 heavy (non-hydrogen) atoms. The fourth-order valence-electron chi connectivity index (χ4n) is 4.09. The minimum Gasteiger partial charge on any atom is -0.361 e. The van der Waals surface area contributed by atoms with Crippen LogP contribution < -0.4 is 5.32 Å². The number of hydrogen-bond acceptors (Lipinski definition) is 5. The van der Waals surface area contributed by atoms with Crippen LogP contribution in [0.2, 0.25) is 0 Å². The van der Waals surface area contributed by atoms with Crippen molar-refractivity contribution in [3.05, 3.63) is 64.9 Å². The number of rotatable bonds is 5. The van der Waals surface area contributed by atoms with Crippen LogP contribution in [0, 0.1) is 6.92 Å². The minimum absolute atomic E-state index is 0. The summed E-state index contributed by atoms with van der Waals surface area (Å²) in [6, 6.07) is 8.40. The molecule has 0 bridgehead atoms. The second-order valence-electron chi connectivity index (χ2n) is 7.37. The van der Waals surface area contributed by atoms with Crippen LogP contribution in [-0.2, 0) is 25.8 Å². The van der Waals surface area contributed by atoms with E-state index in [4.69, 9.17) is 4.52 Å². The first-order chi connectivity index (χ1) is 13.8. The molecule has 5 rings (SSSR count). The van der Waals surface area contributed by atoms with E-state index in [1.807, 2.05) is 13.1 Å². The molecule has 1 aliphatic rings. The Kier molecular flexibility index (Phi) is 5.65. The number of para-hydroxylation sites is 1. The van der Waals surface area contributed by atoms with Gasteiger partial charge in [0.2, 0.25) is 11.7 Å². The maximum Gasteiger partial charge on any atom is 0.226 e. The number of halogens is 1. The van der Waals surface area contributed by atoms with Crippen molar-refractivity contribution in [3.8, 4) is 11.4 Å². The first-order valence-corrected chi connectivity index (χ1v) is 9.85. The fourth-order valence-corrected chi connectivity index (χ4v) is 4.09. The van der Waals surface area contributed by atoms with E-state index in [0.717, 1.165) is 50.0 Å². The Morgan fingerprint density at radius 3 is 3.00 bits per heavy atom. The molecule has 0 aliphatic carbocycles. The van der Waals surface area contributed by atoms with Crippen LogP contribution in [0.25, 0.3) is 22.3 Å². The van der Waals surface area contributed by atoms with E-state index >= 15 is 0 Å². The fraction of sp³-hybridized carbons (Fsp3) is 0.318. The highest BCUT2D eigenvalue weighted by Crippen LogP contribution is 2.29. The number of nitrogens with one attached hydrogen (secondary N) is 2. The van der Waals surface area contributed by atoms with E-state index in [1.165, 1.54) is 27.6 Å². The lowest BCUT2D eigenvalue weighted by Gasteiger charge is -2.19. The van der Waals surface area contributed by atoms with E-state index in [-0.39, 0.29) is 12.4 Å². The molecule has 0 spiro atoms. The molecule has 4 aromatic rings. The number of aryl methyl sites for hydroxylation is 3. The molecule has 0 unspecified atom stereocenters. The van der Waals surface area contributed by atoms with Crippen molar-refractivity contribution in [2.45, 2.75) is 39.2 Å². The number of aromatic nitrogens is 4.